The SMILES string of the molecule is CCCCCCCCCCCCCCCCCCO[P+](=O)OCC(COC(=O)CCc1cc(C(C)(C)C)c(O)c(C(C)(C)C)c1)(COC(=O)CCc1cc(C(C)(C)C)c(O)c(C(C)(C)C)c1)CO[P+](=O)OCCCCCCCCCCCCCCCCCC. The first-order chi connectivity index (χ1) is 42.1. The third-order valence-corrected chi connectivity index (χ3v) is 18.7. The third-order valence-electron chi connectivity index (χ3n) is 17.2. The minimum Gasteiger partial charge on any atom is -0.507 e. The summed E-state index contributed by atoms with van der Waals surface area (Å²) in [5.74, 6) is -0.591. The monoisotopic (exact) mass is 1290 g/mol. The van der Waals surface area contributed by atoms with E-state index in [-0.39, 0.29) is 85.6 Å². The number of carbonyl (C=O) groups excluding carboxylic acids is 2. The number of aryl methyl sites for hydroxylation is 2. The number of rotatable bonds is 52. The van der Waals surface area contributed by atoms with Gasteiger partial charge in [0.2, 0.25) is 0 Å². The summed E-state index contributed by atoms with van der Waals surface area (Å²) >= 11 is 0. The first-order valence-electron chi connectivity index (χ1n) is 35.6. The van der Waals surface area contributed by atoms with Gasteiger partial charge in [0.15, 0.2) is 0 Å². The highest BCUT2D eigenvalue weighted by atomic mass is 31.1. The van der Waals surface area contributed by atoms with Crippen molar-refractivity contribution in [2.75, 3.05) is 39.6 Å². The molecule has 0 radical (unpaired) electrons. The average Bonchev–Trinajstić information content (AvgIpc) is 1.86. The third kappa shape index (κ3) is 37.5. The van der Waals surface area contributed by atoms with Crippen molar-refractivity contribution in [2.24, 2.45) is 5.41 Å². The maximum atomic E-state index is 13.9. The second kappa shape index (κ2) is 45.4. The highest BCUT2D eigenvalue weighted by molar-refractivity contribution is 7.33. The zero-order valence-corrected chi connectivity index (χ0v) is 61.2. The number of hydrogen-bond acceptors (Lipinski definition) is 12. The summed E-state index contributed by atoms with van der Waals surface area (Å²) in [7, 11) is -5.31. The number of aromatic hydroxyl groups is 2. The van der Waals surface area contributed by atoms with Crippen molar-refractivity contribution in [3.05, 3.63) is 57.6 Å². The predicted octanol–water partition coefficient (Wildman–Crippen LogP) is 22.8. The molecular formula is C75H132O12P2+2. The molecule has 2 aromatic rings. The molecule has 0 saturated carbocycles. The van der Waals surface area contributed by atoms with E-state index in [0.29, 0.717) is 25.7 Å². The van der Waals surface area contributed by atoms with Crippen molar-refractivity contribution in [3.63, 3.8) is 0 Å². The molecular weight excluding hydrogens is 1150 g/mol. The molecule has 0 heterocycles. The lowest BCUT2D eigenvalue weighted by Gasteiger charge is -2.29. The molecule has 0 bridgehead atoms. The van der Waals surface area contributed by atoms with Crippen LogP contribution >= 0.6 is 16.5 Å². The summed E-state index contributed by atoms with van der Waals surface area (Å²) in [6, 6.07) is 7.79. The Morgan fingerprint density at radius 2 is 0.573 bits per heavy atom. The van der Waals surface area contributed by atoms with E-state index in [1.54, 1.807) is 0 Å². The normalized spacial score (nSPS) is 12.9. The summed E-state index contributed by atoms with van der Waals surface area (Å²) in [6.07, 6.45) is 40.2. The minimum absolute atomic E-state index is 0.0113. The molecule has 2 unspecified atom stereocenters. The van der Waals surface area contributed by atoms with Crippen molar-refractivity contribution in [1.82, 2.24) is 0 Å². The lowest BCUT2D eigenvalue weighted by molar-refractivity contribution is -0.157. The van der Waals surface area contributed by atoms with Crippen molar-refractivity contribution >= 4 is 28.4 Å². The second-order valence-electron chi connectivity index (χ2n) is 30.2. The molecule has 0 aliphatic heterocycles. The van der Waals surface area contributed by atoms with Crippen LogP contribution in [0.5, 0.6) is 11.5 Å². The highest BCUT2D eigenvalue weighted by Gasteiger charge is 2.43. The molecule has 512 valence electrons. The van der Waals surface area contributed by atoms with Crippen molar-refractivity contribution in [3.8, 4) is 11.5 Å². The number of phenols is 2. The fourth-order valence-corrected chi connectivity index (χ4v) is 12.8. The fourth-order valence-electron chi connectivity index (χ4n) is 11.4. The van der Waals surface area contributed by atoms with Gasteiger partial charge in [0.05, 0.1) is 5.41 Å². The van der Waals surface area contributed by atoms with Crippen LogP contribution in [0.1, 0.15) is 349 Å². The number of esters is 2. The summed E-state index contributed by atoms with van der Waals surface area (Å²) in [4.78, 5) is 27.8. The smallest absolute Gasteiger partial charge is 0.507 e. The quantitative estimate of drug-likeness (QED) is 0.0367. The molecule has 12 nitrogen and oxygen atoms in total. The first-order valence-corrected chi connectivity index (χ1v) is 37.8. The molecule has 0 aromatic heterocycles. The van der Waals surface area contributed by atoms with Crippen molar-refractivity contribution in [1.29, 1.82) is 0 Å². The Balaban J connectivity index is 2.23. The molecule has 2 rings (SSSR count). The van der Waals surface area contributed by atoms with Gasteiger partial charge in [0.1, 0.15) is 51.1 Å². The van der Waals surface area contributed by atoms with Gasteiger partial charge < -0.3 is 19.7 Å². The van der Waals surface area contributed by atoms with Gasteiger partial charge in [-0.1, -0.05) is 314 Å². The van der Waals surface area contributed by atoms with Gasteiger partial charge in [-0.15, -0.1) is 18.1 Å². The highest BCUT2D eigenvalue weighted by Crippen LogP contribution is 2.42. The van der Waals surface area contributed by atoms with Gasteiger partial charge in [-0.3, -0.25) is 9.59 Å². The van der Waals surface area contributed by atoms with Crippen LogP contribution in [0.4, 0.5) is 0 Å². The van der Waals surface area contributed by atoms with E-state index in [1.807, 2.05) is 107 Å². The Labute approximate surface area is 546 Å². The Morgan fingerprint density at radius 3 is 0.798 bits per heavy atom. The van der Waals surface area contributed by atoms with Crippen LogP contribution in [0.15, 0.2) is 24.3 Å². The van der Waals surface area contributed by atoms with Crippen LogP contribution in [-0.2, 0) is 80.8 Å². The van der Waals surface area contributed by atoms with E-state index < -0.39 is 33.9 Å². The lowest BCUT2D eigenvalue weighted by atomic mass is 9.78. The molecule has 2 aromatic carbocycles. The number of carbonyl (C=O) groups is 2. The molecule has 0 fully saturated rings. The van der Waals surface area contributed by atoms with E-state index >= 15 is 0 Å². The standard InChI is InChI=1S/C75H130O12P2/c1-15-17-19-21-23-25-27-29-31-33-35-37-39-41-43-45-51-84-88(80)86-59-75(57-82-67(76)49-47-61-53-63(71(3,4)5)69(78)64(54-61)72(6,7)8,58-83-68(77)50-48-62-55-65(73(9,10)11)70(79)66(56-62)74(12,13)14)60-87-89(81)85-52-46-44-42-40-38-36-34-32-30-28-26-24-22-20-18-16-2/h53-56H,15-52,57-60H2,1-14H3/p+2. The molecule has 14 heteroatoms. The summed E-state index contributed by atoms with van der Waals surface area (Å²) in [5, 5.41) is 22.8. The van der Waals surface area contributed by atoms with Crippen LogP contribution in [0.25, 0.3) is 0 Å². The maximum absolute atomic E-state index is 13.9. The van der Waals surface area contributed by atoms with Gasteiger partial charge in [-0.25, -0.2) is 0 Å². The van der Waals surface area contributed by atoms with E-state index in [4.69, 9.17) is 27.6 Å². The molecule has 0 aliphatic rings. The summed E-state index contributed by atoms with van der Waals surface area (Å²) < 4.78 is 62.4. The number of unbranched alkanes of at least 4 members (excludes halogenated alkanes) is 30. The van der Waals surface area contributed by atoms with E-state index in [9.17, 15) is 28.9 Å². The molecule has 0 amide bonds. The van der Waals surface area contributed by atoms with Gasteiger partial charge in [-0.2, -0.15) is 0 Å². The average molecular weight is 1290 g/mol. The number of ether oxygens (including phenoxy) is 2. The predicted molar refractivity (Wildman–Crippen MR) is 370 cm³/mol. The Bertz CT molecular complexity index is 2040. The van der Waals surface area contributed by atoms with E-state index in [0.717, 1.165) is 71.9 Å². The van der Waals surface area contributed by atoms with Crippen LogP contribution in [0.2, 0.25) is 0 Å². The number of hydrogen-bond donors (Lipinski definition) is 2. The molecule has 0 spiro atoms. The lowest BCUT2D eigenvalue weighted by Crippen LogP contribution is -2.42. The van der Waals surface area contributed by atoms with Gasteiger partial charge >= 0.3 is 28.4 Å². The Hall–Kier alpha value is -2.98. The molecule has 89 heavy (non-hydrogen) atoms. The summed E-state index contributed by atoms with van der Waals surface area (Å²) in [5.41, 5.74) is 1.96. The minimum atomic E-state index is -2.66. The topological polar surface area (TPSA) is 164 Å². The largest absolute Gasteiger partial charge is 0.697 e. The summed E-state index contributed by atoms with van der Waals surface area (Å²) in [6.45, 7) is 28.0. The second-order valence-corrected chi connectivity index (χ2v) is 32.1. The van der Waals surface area contributed by atoms with Crippen LogP contribution in [0.3, 0.4) is 0 Å². The zero-order chi connectivity index (χ0) is 66.2. The Morgan fingerprint density at radius 1 is 0.348 bits per heavy atom. The van der Waals surface area contributed by atoms with Gasteiger partial charge in [0.25, 0.3) is 0 Å². The van der Waals surface area contributed by atoms with Crippen LogP contribution in [0, 0.1) is 5.41 Å². The first kappa shape index (κ1) is 82.1. The Kier molecular flexibility index (Phi) is 41.9. The van der Waals surface area contributed by atoms with Crippen molar-refractivity contribution < 1.29 is 56.5 Å². The van der Waals surface area contributed by atoms with Gasteiger partial charge in [0, 0.05) is 22.0 Å². The number of phenolic OH excluding ortho intramolecular Hbond substituents is 2. The zero-order valence-electron chi connectivity index (χ0n) is 59.4. The van der Waals surface area contributed by atoms with E-state index in [1.165, 1.54) is 154 Å². The molecule has 2 N–H and O–H groups in total. The maximum Gasteiger partial charge on any atom is 0.697 e. The molecule has 2 atom stereocenters. The number of benzene rings is 2. The fraction of sp³-hybridized carbons (Fsp3) is 0.813. The van der Waals surface area contributed by atoms with Crippen molar-refractivity contribution in [2.45, 2.75) is 350 Å². The van der Waals surface area contributed by atoms with Gasteiger partial charge in [-0.05, 0) is 80.7 Å². The molecule has 0 aliphatic carbocycles. The van der Waals surface area contributed by atoms with Crippen LogP contribution < -0.4 is 0 Å². The van der Waals surface area contributed by atoms with E-state index in [2.05, 4.69) is 13.8 Å². The molecule has 0 saturated heterocycles. The van der Waals surface area contributed by atoms with Crippen LogP contribution in [-0.4, -0.2) is 61.8 Å².